The molecular formula is C81H55F5IrN3. The van der Waals surface area contributed by atoms with Gasteiger partial charge in [-0.1, -0.05) is 234 Å². The first-order valence-electron chi connectivity index (χ1n) is 29.5. The molecule has 0 amide bonds. The predicted octanol–water partition coefficient (Wildman–Crippen LogP) is 20.8. The number of rotatable bonds is 16. The molecule has 0 atom stereocenters. The molecule has 3 nitrogen and oxygen atoms in total. The maximum Gasteiger partial charge on any atom is 3.00 e. The molecule has 13 rings (SSSR count). The van der Waals surface area contributed by atoms with E-state index in [4.69, 9.17) is 15.0 Å². The molecule has 0 N–H and O–H groups in total. The van der Waals surface area contributed by atoms with Gasteiger partial charge < -0.3 is 15.0 Å². The molecule has 0 unspecified atom stereocenters. The number of hydrogen-bond acceptors (Lipinski definition) is 3. The Morgan fingerprint density at radius 1 is 0.322 bits per heavy atom. The summed E-state index contributed by atoms with van der Waals surface area (Å²) in [6.07, 6.45) is 7.96. The number of benzene rings is 10. The third kappa shape index (κ3) is 12.7. The van der Waals surface area contributed by atoms with Crippen molar-refractivity contribution in [1.82, 2.24) is 15.0 Å². The molecule has 0 fully saturated rings. The maximum absolute atomic E-state index is 16.2. The molecule has 0 spiro atoms. The van der Waals surface area contributed by atoms with Gasteiger partial charge in [-0.2, -0.15) is 0 Å². The third-order valence-corrected chi connectivity index (χ3v) is 16.5. The Kier molecular flexibility index (Phi) is 17.9. The van der Waals surface area contributed by atoms with E-state index in [0.717, 1.165) is 83.5 Å². The summed E-state index contributed by atoms with van der Waals surface area (Å²) in [6, 6.07) is 80.7. The SMILES string of the molecule is Cc1cc(-c2[c-]cc(F)c(-c3ccccc3)c2F)ncc1CCc1cc(CCc2cnc(-c3[c-]cc(F)c(-c4ccccc4)c3F)cc2C)cc(-c2ccccc2-c2cnc(-c3[c-]cc(F)c(-c4ccccc4)c3)cc2-c2ccc(-c3ccccc3)cc2)c1.[Ir+3]. The minimum atomic E-state index is -0.719. The Bertz CT molecular complexity index is 4570. The van der Waals surface area contributed by atoms with Gasteiger partial charge in [-0.3, -0.25) is 22.0 Å². The van der Waals surface area contributed by atoms with E-state index in [1.807, 2.05) is 98.9 Å². The first kappa shape index (κ1) is 60.2. The van der Waals surface area contributed by atoms with E-state index in [1.165, 1.54) is 18.2 Å². The molecule has 3 heterocycles. The molecule has 13 aromatic rings. The van der Waals surface area contributed by atoms with Crippen LogP contribution >= 0.6 is 0 Å². The number of halogens is 5. The van der Waals surface area contributed by atoms with Gasteiger partial charge in [0.2, 0.25) is 0 Å². The Hall–Kier alpha value is -10.1. The summed E-state index contributed by atoms with van der Waals surface area (Å²) in [4.78, 5) is 14.6. The molecule has 10 aromatic carbocycles. The van der Waals surface area contributed by atoms with E-state index >= 15 is 22.0 Å². The molecule has 9 heteroatoms. The second kappa shape index (κ2) is 26.7. The minimum Gasteiger partial charge on any atom is -0.304 e. The van der Waals surface area contributed by atoms with Crippen LogP contribution in [0.4, 0.5) is 22.0 Å². The Labute approximate surface area is 534 Å². The fraction of sp³-hybridized carbons (Fsp3) is 0.0741. The third-order valence-electron chi connectivity index (χ3n) is 16.5. The van der Waals surface area contributed by atoms with Crippen molar-refractivity contribution in [3.63, 3.8) is 0 Å². The van der Waals surface area contributed by atoms with Gasteiger partial charge in [0.25, 0.3) is 0 Å². The van der Waals surface area contributed by atoms with Gasteiger partial charge in [-0.15, -0.1) is 48.0 Å². The quantitative estimate of drug-likeness (QED) is 0.0715. The van der Waals surface area contributed by atoms with Crippen molar-refractivity contribution in [2.75, 3.05) is 0 Å². The molecule has 0 radical (unpaired) electrons. The van der Waals surface area contributed by atoms with Crippen molar-refractivity contribution in [2.24, 2.45) is 0 Å². The van der Waals surface area contributed by atoms with Crippen LogP contribution in [0, 0.1) is 61.1 Å². The number of aromatic nitrogens is 3. The van der Waals surface area contributed by atoms with Gasteiger partial charge in [-0.25, -0.2) is 0 Å². The molecule has 438 valence electrons. The number of nitrogens with zero attached hydrogens (tertiary/aromatic N) is 3. The molecule has 0 saturated carbocycles. The van der Waals surface area contributed by atoms with E-state index in [0.29, 0.717) is 65.0 Å². The van der Waals surface area contributed by atoms with E-state index in [9.17, 15) is 0 Å². The summed E-state index contributed by atoms with van der Waals surface area (Å²) in [7, 11) is 0. The molecular weight excluding hydrogens is 1300 g/mol. The zero-order valence-corrected chi connectivity index (χ0v) is 51.5. The van der Waals surface area contributed by atoms with E-state index in [-0.39, 0.29) is 48.2 Å². The maximum atomic E-state index is 16.2. The minimum absolute atomic E-state index is 0. The monoisotopic (exact) mass is 1360 g/mol. The summed E-state index contributed by atoms with van der Waals surface area (Å²) in [5.74, 6) is -3.20. The molecule has 0 aliphatic rings. The van der Waals surface area contributed by atoms with Crippen molar-refractivity contribution >= 4 is 0 Å². The average molecular weight is 1360 g/mol. The van der Waals surface area contributed by atoms with Gasteiger partial charge in [0.15, 0.2) is 0 Å². The number of aryl methyl sites for hydroxylation is 6. The second-order valence-electron chi connectivity index (χ2n) is 22.2. The topological polar surface area (TPSA) is 38.7 Å². The van der Waals surface area contributed by atoms with Gasteiger partial charge in [0.05, 0.1) is 0 Å². The van der Waals surface area contributed by atoms with Crippen molar-refractivity contribution in [2.45, 2.75) is 39.5 Å². The van der Waals surface area contributed by atoms with Crippen LogP contribution in [0.15, 0.2) is 249 Å². The predicted molar refractivity (Wildman–Crippen MR) is 348 cm³/mol. The molecule has 90 heavy (non-hydrogen) atoms. The van der Waals surface area contributed by atoms with Crippen LogP contribution in [0.1, 0.15) is 33.4 Å². The van der Waals surface area contributed by atoms with Crippen LogP contribution in [-0.4, -0.2) is 15.0 Å². The zero-order chi connectivity index (χ0) is 61.0. The fourth-order valence-electron chi connectivity index (χ4n) is 11.8. The smallest absolute Gasteiger partial charge is 0.304 e. The van der Waals surface area contributed by atoms with E-state index < -0.39 is 23.3 Å². The average Bonchev–Trinajstić information content (AvgIpc) is 0.939. The van der Waals surface area contributed by atoms with Gasteiger partial charge in [0.1, 0.15) is 0 Å². The van der Waals surface area contributed by atoms with Crippen molar-refractivity contribution in [1.29, 1.82) is 0 Å². The standard InChI is InChI=1S/C81H55F5N3.Ir/c1-51-41-76(67-36-39-73(83)78(80(67)85)59-21-11-5-12-22-59)87-48-62(51)29-27-53-43-54(28-30-63-49-88-77(42-52(63)2)68-37-40-74(84)79(81(68)86)60-23-13-6-14-24-60)45-64(44-53)65-25-15-16-26-66(65)71-50-89-75(61-35-38-72(82)70(46-61)57-19-9-4-10-20-57)47-69(71)58-33-31-56(32-34-58)55-17-7-3-8-18-55;/h3-26,31-34,38-50H,27-30H2,1-2H3;/q-3;+3. The van der Waals surface area contributed by atoms with Crippen LogP contribution in [0.25, 0.3) is 112 Å². The summed E-state index contributed by atoms with van der Waals surface area (Å²) < 4.78 is 78.4. The van der Waals surface area contributed by atoms with Crippen molar-refractivity contribution in [3.05, 3.63) is 330 Å². The van der Waals surface area contributed by atoms with Crippen LogP contribution in [-0.2, 0) is 45.8 Å². The van der Waals surface area contributed by atoms with Crippen LogP contribution < -0.4 is 0 Å². The summed E-state index contributed by atoms with van der Waals surface area (Å²) in [5.41, 5.74) is 17.9. The summed E-state index contributed by atoms with van der Waals surface area (Å²) in [5, 5.41) is 0. The molecule has 0 aliphatic heterocycles. The first-order valence-corrected chi connectivity index (χ1v) is 29.5. The summed E-state index contributed by atoms with van der Waals surface area (Å²) >= 11 is 0. The largest absolute Gasteiger partial charge is 3.00 e. The molecule has 0 aliphatic carbocycles. The van der Waals surface area contributed by atoms with Crippen LogP contribution in [0.5, 0.6) is 0 Å². The van der Waals surface area contributed by atoms with Crippen molar-refractivity contribution < 1.29 is 42.1 Å². The van der Waals surface area contributed by atoms with Crippen LogP contribution in [0.3, 0.4) is 0 Å². The van der Waals surface area contributed by atoms with E-state index in [2.05, 4.69) is 91.0 Å². The second-order valence-corrected chi connectivity index (χ2v) is 22.2. The normalized spacial score (nSPS) is 11.1. The summed E-state index contributed by atoms with van der Waals surface area (Å²) in [6.45, 7) is 3.96. The first-order chi connectivity index (χ1) is 43.5. The van der Waals surface area contributed by atoms with Gasteiger partial charge >= 0.3 is 20.1 Å². The Morgan fingerprint density at radius 3 is 1.26 bits per heavy atom. The van der Waals surface area contributed by atoms with Crippen molar-refractivity contribution in [3.8, 4) is 112 Å². The number of hydrogen-bond donors (Lipinski definition) is 0. The molecule has 0 bridgehead atoms. The zero-order valence-electron chi connectivity index (χ0n) is 49.1. The van der Waals surface area contributed by atoms with Crippen LogP contribution in [0.2, 0.25) is 0 Å². The number of pyridine rings is 3. The Balaban J connectivity index is 0.00000785. The van der Waals surface area contributed by atoms with Gasteiger partial charge in [-0.05, 0) is 146 Å². The van der Waals surface area contributed by atoms with E-state index in [1.54, 1.807) is 73.1 Å². The molecule has 3 aromatic heterocycles. The molecule has 0 saturated heterocycles. The Morgan fingerprint density at radius 2 is 0.744 bits per heavy atom. The fourth-order valence-corrected chi connectivity index (χ4v) is 11.8. The van der Waals surface area contributed by atoms with Gasteiger partial charge in [0, 0.05) is 53.2 Å².